The van der Waals surface area contributed by atoms with E-state index in [0.717, 1.165) is 16.9 Å². The normalized spacial score (nSPS) is 11.6. The summed E-state index contributed by atoms with van der Waals surface area (Å²) in [6.07, 6.45) is 3.48. The van der Waals surface area contributed by atoms with E-state index in [4.69, 9.17) is 4.74 Å². The van der Waals surface area contributed by atoms with Gasteiger partial charge < -0.3 is 10.1 Å². The number of hydrogen-bond acceptors (Lipinski definition) is 3. The Morgan fingerprint density at radius 2 is 1.80 bits per heavy atom. The van der Waals surface area contributed by atoms with Crippen molar-refractivity contribution in [1.29, 1.82) is 0 Å². The first-order valence-electron chi connectivity index (χ1n) is 8.20. The molecule has 4 nitrogen and oxygen atoms in total. The van der Waals surface area contributed by atoms with Gasteiger partial charge in [-0.3, -0.25) is 9.78 Å². The maximum atomic E-state index is 12.7. The fraction of sp³-hybridized carbons (Fsp3) is 0.143. The van der Waals surface area contributed by atoms with Gasteiger partial charge in [-0.25, -0.2) is 0 Å². The summed E-state index contributed by atoms with van der Waals surface area (Å²) in [5.74, 6) is 0.657. The van der Waals surface area contributed by atoms with Crippen LogP contribution >= 0.6 is 0 Å². The maximum Gasteiger partial charge on any atom is 0.252 e. The third-order valence-corrected chi connectivity index (χ3v) is 3.93. The second-order valence-corrected chi connectivity index (χ2v) is 5.74. The van der Waals surface area contributed by atoms with Gasteiger partial charge in [-0.2, -0.15) is 0 Å². The third kappa shape index (κ3) is 4.44. The highest BCUT2D eigenvalue weighted by Crippen LogP contribution is 2.16. The molecule has 0 saturated heterocycles. The molecule has 1 heterocycles. The maximum absolute atomic E-state index is 12.7. The molecule has 0 fully saturated rings. The van der Waals surface area contributed by atoms with Crippen LogP contribution in [0.3, 0.4) is 0 Å². The smallest absolute Gasteiger partial charge is 0.252 e. The molecule has 4 heteroatoms. The Morgan fingerprint density at radius 1 is 1.04 bits per heavy atom. The van der Waals surface area contributed by atoms with Crippen LogP contribution in [0.4, 0.5) is 0 Å². The molecule has 126 valence electrons. The predicted octanol–water partition coefficient (Wildman–Crippen LogP) is 4.15. The van der Waals surface area contributed by atoms with Crippen molar-refractivity contribution < 1.29 is 9.53 Å². The molecule has 3 aromatic rings. The lowest BCUT2D eigenvalue weighted by atomic mass is 10.1. The molecular formula is C21H20N2O2. The van der Waals surface area contributed by atoms with Gasteiger partial charge in [0.1, 0.15) is 12.4 Å². The molecule has 0 spiro atoms. The summed E-state index contributed by atoms with van der Waals surface area (Å²) in [6.45, 7) is 2.28. The Bertz CT molecular complexity index is 820. The van der Waals surface area contributed by atoms with Crippen LogP contribution in [-0.2, 0) is 6.61 Å². The summed E-state index contributed by atoms with van der Waals surface area (Å²) in [5, 5.41) is 3.02. The van der Waals surface area contributed by atoms with Crippen molar-refractivity contribution in [2.45, 2.75) is 19.6 Å². The Balaban J connectivity index is 1.70. The van der Waals surface area contributed by atoms with Gasteiger partial charge in [0.2, 0.25) is 0 Å². The number of carbonyl (C=O) groups is 1. The zero-order valence-corrected chi connectivity index (χ0v) is 14.1. The molecule has 1 N–H and O–H groups in total. The van der Waals surface area contributed by atoms with E-state index in [9.17, 15) is 4.79 Å². The van der Waals surface area contributed by atoms with Crippen molar-refractivity contribution in [2.75, 3.05) is 0 Å². The van der Waals surface area contributed by atoms with Crippen LogP contribution < -0.4 is 10.1 Å². The lowest BCUT2D eigenvalue weighted by Crippen LogP contribution is -2.27. The van der Waals surface area contributed by atoms with Crippen molar-refractivity contribution in [3.8, 4) is 5.75 Å². The number of carbonyl (C=O) groups excluding carboxylic acids is 1. The van der Waals surface area contributed by atoms with Crippen LogP contribution in [0.1, 0.15) is 34.5 Å². The van der Waals surface area contributed by atoms with Crippen LogP contribution in [0.15, 0.2) is 79.1 Å². The van der Waals surface area contributed by atoms with Gasteiger partial charge in [0, 0.05) is 23.5 Å². The highest BCUT2D eigenvalue weighted by Gasteiger charge is 2.15. The number of pyridine rings is 1. The highest BCUT2D eigenvalue weighted by atomic mass is 16.5. The second kappa shape index (κ2) is 8.11. The monoisotopic (exact) mass is 332 g/mol. The number of para-hydroxylation sites is 1. The van der Waals surface area contributed by atoms with E-state index in [1.807, 2.05) is 73.7 Å². The van der Waals surface area contributed by atoms with E-state index in [1.54, 1.807) is 12.4 Å². The molecule has 0 radical (unpaired) electrons. The van der Waals surface area contributed by atoms with Crippen LogP contribution in [0.5, 0.6) is 5.75 Å². The molecule has 1 unspecified atom stereocenters. The molecule has 1 aromatic heterocycles. The van der Waals surface area contributed by atoms with Crippen LogP contribution in [0.2, 0.25) is 0 Å². The summed E-state index contributed by atoms with van der Waals surface area (Å²) < 4.78 is 5.78. The highest BCUT2D eigenvalue weighted by molar-refractivity contribution is 5.95. The lowest BCUT2D eigenvalue weighted by Gasteiger charge is -2.16. The zero-order valence-electron chi connectivity index (χ0n) is 14.1. The van der Waals surface area contributed by atoms with E-state index < -0.39 is 0 Å². The number of nitrogens with zero attached hydrogens (tertiary/aromatic N) is 1. The largest absolute Gasteiger partial charge is 0.489 e. The molecule has 0 aliphatic rings. The number of ether oxygens (including phenoxy) is 1. The summed E-state index contributed by atoms with van der Waals surface area (Å²) in [6, 6.07) is 20.7. The molecular weight excluding hydrogens is 312 g/mol. The van der Waals surface area contributed by atoms with E-state index in [1.165, 1.54) is 0 Å². The SMILES string of the molecule is CC(NC(=O)c1ccccc1COc1ccccc1)c1cccnc1. The standard InChI is InChI=1S/C21H20N2O2/c1-16(17-9-7-13-22-14-17)23-21(24)20-12-6-5-8-18(20)15-25-19-10-3-2-4-11-19/h2-14,16H,15H2,1H3,(H,23,24). The van der Waals surface area contributed by atoms with E-state index in [2.05, 4.69) is 10.3 Å². The molecule has 0 aliphatic carbocycles. The van der Waals surface area contributed by atoms with Crippen molar-refractivity contribution in [3.05, 3.63) is 95.8 Å². The fourth-order valence-corrected chi connectivity index (χ4v) is 2.54. The van der Waals surface area contributed by atoms with Gasteiger partial charge in [-0.05, 0) is 36.8 Å². The minimum absolute atomic E-state index is 0.121. The molecule has 3 rings (SSSR count). The van der Waals surface area contributed by atoms with E-state index >= 15 is 0 Å². The Morgan fingerprint density at radius 3 is 2.56 bits per heavy atom. The van der Waals surface area contributed by atoms with Gasteiger partial charge in [-0.15, -0.1) is 0 Å². The van der Waals surface area contributed by atoms with Crippen LogP contribution in [0, 0.1) is 0 Å². The number of amides is 1. The van der Waals surface area contributed by atoms with Gasteiger partial charge in [0.05, 0.1) is 6.04 Å². The quantitative estimate of drug-likeness (QED) is 0.738. The first-order chi connectivity index (χ1) is 12.2. The average Bonchev–Trinajstić information content (AvgIpc) is 2.68. The number of hydrogen-bond donors (Lipinski definition) is 1. The lowest BCUT2D eigenvalue weighted by molar-refractivity contribution is 0.0937. The van der Waals surface area contributed by atoms with Gasteiger partial charge in [-0.1, -0.05) is 42.5 Å². The van der Waals surface area contributed by atoms with Crippen molar-refractivity contribution in [2.24, 2.45) is 0 Å². The Labute approximate surface area is 147 Å². The van der Waals surface area contributed by atoms with E-state index in [0.29, 0.717) is 12.2 Å². The second-order valence-electron chi connectivity index (χ2n) is 5.74. The molecule has 0 saturated carbocycles. The van der Waals surface area contributed by atoms with Crippen LogP contribution in [0.25, 0.3) is 0 Å². The van der Waals surface area contributed by atoms with Gasteiger partial charge in [0.15, 0.2) is 0 Å². The number of nitrogens with one attached hydrogen (secondary N) is 1. The van der Waals surface area contributed by atoms with Gasteiger partial charge >= 0.3 is 0 Å². The molecule has 1 amide bonds. The summed E-state index contributed by atoms with van der Waals surface area (Å²) >= 11 is 0. The van der Waals surface area contributed by atoms with E-state index in [-0.39, 0.29) is 11.9 Å². The average molecular weight is 332 g/mol. The Hall–Kier alpha value is -3.14. The fourth-order valence-electron chi connectivity index (χ4n) is 2.54. The molecule has 2 aromatic carbocycles. The summed E-state index contributed by atoms with van der Waals surface area (Å²) in [5.41, 5.74) is 2.44. The van der Waals surface area contributed by atoms with Crippen molar-refractivity contribution in [3.63, 3.8) is 0 Å². The summed E-state index contributed by atoms with van der Waals surface area (Å²) in [4.78, 5) is 16.8. The first kappa shape index (κ1) is 16.7. The number of benzene rings is 2. The molecule has 25 heavy (non-hydrogen) atoms. The predicted molar refractivity (Wildman–Crippen MR) is 97.3 cm³/mol. The van der Waals surface area contributed by atoms with Crippen molar-refractivity contribution in [1.82, 2.24) is 10.3 Å². The third-order valence-electron chi connectivity index (χ3n) is 3.93. The summed E-state index contributed by atoms with van der Waals surface area (Å²) in [7, 11) is 0. The topological polar surface area (TPSA) is 51.2 Å². The first-order valence-corrected chi connectivity index (χ1v) is 8.20. The molecule has 1 atom stereocenters. The van der Waals surface area contributed by atoms with Crippen LogP contribution in [-0.4, -0.2) is 10.9 Å². The molecule has 0 aliphatic heterocycles. The molecule has 0 bridgehead atoms. The van der Waals surface area contributed by atoms with Crippen molar-refractivity contribution >= 4 is 5.91 Å². The number of aromatic nitrogens is 1. The van der Waals surface area contributed by atoms with Gasteiger partial charge in [0.25, 0.3) is 5.91 Å². The minimum Gasteiger partial charge on any atom is -0.489 e. The zero-order chi connectivity index (χ0) is 17.5. The minimum atomic E-state index is -0.122. The number of rotatable bonds is 6. The Kier molecular flexibility index (Phi) is 5.42.